The molecule has 1 heterocycles. The van der Waals surface area contributed by atoms with Crippen molar-refractivity contribution in [3.63, 3.8) is 0 Å². The maximum atomic E-state index is 3.86. The van der Waals surface area contributed by atoms with Crippen LogP contribution in [0.4, 0.5) is 5.95 Å². The Balaban J connectivity index is 1.95. The van der Waals surface area contributed by atoms with Gasteiger partial charge in [-0.25, -0.2) is 0 Å². The topological polar surface area (TPSA) is 66.5 Å². The van der Waals surface area contributed by atoms with E-state index >= 15 is 0 Å². The van der Waals surface area contributed by atoms with Crippen molar-refractivity contribution in [3.8, 4) is 0 Å². The van der Waals surface area contributed by atoms with E-state index in [9.17, 15) is 0 Å². The average molecular weight is 167 g/mol. The molecule has 0 aliphatic heterocycles. The van der Waals surface area contributed by atoms with Crippen LogP contribution in [0.15, 0.2) is 0 Å². The van der Waals surface area contributed by atoms with E-state index in [1.807, 2.05) is 0 Å². The summed E-state index contributed by atoms with van der Waals surface area (Å²) < 4.78 is 0. The molecule has 0 amide bonds. The number of nitrogens with one attached hydrogen (secondary N) is 2. The van der Waals surface area contributed by atoms with Crippen LogP contribution in [0.1, 0.15) is 26.2 Å². The van der Waals surface area contributed by atoms with Crippen LogP contribution in [-0.2, 0) is 0 Å². The lowest BCUT2D eigenvalue weighted by Crippen LogP contribution is -2.22. The van der Waals surface area contributed by atoms with Gasteiger partial charge in [0, 0.05) is 6.04 Å². The molecule has 2 unspecified atom stereocenters. The van der Waals surface area contributed by atoms with Crippen LogP contribution in [0.5, 0.6) is 0 Å². The number of aromatic amines is 1. The van der Waals surface area contributed by atoms with Crippen molar-refractivity contribution in [1.82, 2.24) is 20.6 Å². The second kappa shape index (κ2) is 3.08. The molecule has 66 valence electrons. The molecule has 5 nitrogen and oxygen atoms in total. The van der Waals surface area contributed by atoms with Crippen LogP contribution in [0.3, 0.4) is 0 Å². The molecule has 0 spiro atoms. The summed E-state index contributed by atoms with van der Waals surface area (Å²) in [4.78, 5) is 0. The number of nitrogens with zero attached hydrogens (tertiary/aromatic N) is 3. The summed E-state index contributed by atoms with van der Waals surface area (Å²) in [6.45, 7) is 2.25. The highest BCUT2D eigenvalue weighted by atomic mass is 15.5. The van der Waals surface area contributed by atoms with Crippen LogP contribution >= 0.6 is 0 Å². The Labute approximate surface area is 70.9 Å². The molecule has 2 rings (SSSR count). The lowest BCUT2D eigenvalue weighted by atomic mass is 10.1. The molecule has 0 bridgehead atoms. The van der Waals surface area contributed by atoms with E-state index in [2.05, 4.69) is 32.9 Å². The predicted octanol–water partition coefficient (Wildman–Crippen LogP) is 0.800. The van der Waals surface area contributed by atoms with Gasteiger partial charge in [0.2, 0.25) is 0 Å². The summed E-state index contributed by atoms with van der Waals surface area (Å²) in [5.74, 6) is 1.34. The second-order valence-corrected chi connectivity index (χ2v) is 3.39. The largest absolute Gasteiger partial charge is 0.349 e. The molecule has 1 fully saturated rings. The summed E-state index contributed by atoms with van der Waals surface area (Å²) >= 11 is 0. The van der Waals surface area contributed by atoms with Gasteiger partial charge in [0.25, 0.3) is 5.95 Å². The number of anilines is 1. The predicted molar refractivity (Wildman–Crippen MR) is 44.6 cm³/mol. The van der Waals surface area contributed by atoms with Crippen LogP contribution in [-0.4, -0.2) is 26.7 Å². The van der Waals surface area contributed by atoms with Crippen LogP contribution in [0.2, 0.25) is 0 Å². The first-order chi connectivity index (χ1) is 5.86. The number of tetrazole rings is 1. The van der Waals surface area contributed by atoms with Crippen molar-refractivity contribution in [2.75, 3.05) is 5.32 Å². The van der Waals surface area contributed by atoms with Gasteiger partial charge in [0.05, 0.1) is 0 Å². The smallest absolute Gasteiger partial charge is 0.263 e. The van der Waals surface area contributed by atoms with E-state index in [1.165, 1.54) is 19.3 Å². The summed E-state index contributed by atoms with van der Waals surface area (Å²) in [7, 11) is 0. The standard InChI is InChI=1S/C7H13N5/c1-5-3-2-4-6(5)8-7-9-11-12-10-7/h5-6H,2-4H2,1H3,(H2,8,9,10,11,12). The number of H-pyrrole nitrogens is 1. The van der Waals surface area contributed by atoms with Crippen LogP contribution < -0.4 is 5.32 Å². The van der Waals surface area contributed by atoms with Gasteiger partial charge in [-0.15, -0.1) is 5.10 Å². The number of aromatic nitrogens is 4. The highest BCUT2D eigenvalue weighted by molar-refractivity contribution is 5.22. The third-order valence-electron chi connectivity index (χ3n) is 2.52. The first kappa shape index (κ1) is 7.52. The molecular formula is C7H13N5. The van der Waals surface area contributed by atoms with Gasteiger partial charge in [0.1, 0.15) is 0 Å². The molecule has 2 atom stereocenters. The number of rotatable bonds is 2. The van der Waals surface area contributed by atoms with Gasteiger partial charge in [-0.1, -0.05) is 18.4 Å². The Hall–Kier alpha value is -1.13. The summed E-state index contributed by atoms with van der Waals surface area (Å²) in [5.41, 5.74) is 0. The molecule has 0 radical (unpaired) electrons. The normalized spacial score (nSPS) is 29.1. The monoisotopic (exact) mass is 167 g/mol. The lowest BCUT2D eigenvalue weighted by Gasteiger charge is -2.14. The zero-order valence-corrected chi connectivity index (χ0v) is 7.12. The van der Waals surface area contributed by atoms with E-state index in [4.69, 9.17) is 0 Å². The third-order valence-corrected chi connectivity index (χ3v) is 2.52. The fraction of sp³-hybridized carbons (Fsp3) is 0.857. The molecule has 1 aliphatic carbocycles. The minimum absolute atomic E-state index is 0.530. The Kier molecular flexibility index (Phi) is 1.93. The van der Waals surface area contributed by atoms with E-state index in [-0.39, 0.29) is 0 Å². The molecule has 0 aromatic carbocycles. The van der Waals surface area contributed by atoms with Crippen LogP contribution in [0, 0.1) is 5.92 Å². The van der Waals surface area contributed by atoms with Crippen molar-refractivity contribution in [1.29, 1.82) is 0 Å². The van der Waals surface area contributed by atoms with E-state index in [0.717, 1.165) is 5.92 Å². The van der Waals surface area contributed by atoms with Gasteiger partial charge in [-0.05, 0) is 24.0 Å². The summed E-state index contributed by atoms with van der Waals surface area (Å²) in [6, 6.07) is 0.530. The maximum absolute atomic E-state index is 3.86. The van der Waals surface area contributed by atoms with Crippen molar-refractivity contribution in [2.24, 2.45) is 5.92 Å². The SMILES string of the molecule is CC1CCCC1Nc1nn[nH]n1. The molecule has 2 N–H and O–H groups in total. The maximum Gasteiger partial charge on any atom is 0.263 e. The van der Waals surface area contributed by atoms with Gasteiger partial charge in [0.15, 0.2) is 0 Å². The molecule has 1 aliphatic rings. The zero-order valence-electron chi connectivity index (χ0n) is 7.12. The van der Waals surface area contributed by atoms with Crippen molar-refractivity contribution >= 4 is 5.95 Å². The van der Waals surface area contributed by atoms with E-state index in [1.54, 1.807) is 0 Å². The minimum Gasteiger partial charge on any atom is -0.349 e. The van der Waals surface area contributed by atoms with E-state index < -0.39 is 0 Å². The fourth-order valence-electron chi connectivity index (χ4n) is 1.75. The van der Waals surface area contributed by atoms with Gasteiger partial charge in [-0.2, -0.15) is 5.21 Å². The van der Waals surface area contributed by atoms with Crippen LogP contribution in [0.25, 0.3) is 0 Å². The fourth-order valence-corrected chi connectivity index (χ4v) is 1.75. The quantitative estimate of drug-likeness (QED) is 0.683. The lowest BCUT2D eigenvalue weighted by molar-refractivity contribution is 0.553. The number of hydrogen-bond donors (Lipinski definition) is 2. The summed E-state index contributed by atoms with van der Waals surface area (Å²) in [6.07, 6.45) is 3.82. The second-order valence-electron chi connectivity index (χ2n) is 3.39. The molecule has 12 heavy (non-hydrogen) atoms. The van der Waals surface area contributed by atoms with Gasteiger partial charge < -0.3 is 5.32 Å². The molecular weight excluding hydrogens is 154 g/mol. The Morgan fingerprint density at radius 2 is 2.42 bits per heavy atom. The highest BCUT2D eigenvalue weighted by Crippen LogP contribution is 2.26. The van der Waals surface area contributed by atoms with Gasteiger partial charge >= 0.3 is 0 Å². The average Bonchev–Trinajstić information content (AvgIpc) is 2.65. The molecule has 1 aromatic heterocycles. The van der Waals surface area contributed by atoms with Crippen molar-refractivity contribution < 1.29 is 0 Å². The van der Waals surface area contributed by atoms with E-state index in [0.29, 0.717) is 12.0 Å². The molecule has 0 saturated heterocycles. The molecule has 1 aromatic rings. The minimum atomic E-state index is 0.530. The first-order valence-electron chi connectivity index (χ1n) is 4.36. The van der Waals surface area contributed by atoms with Crippen molar-refractivity contribution in [2.45, 2.75) is 32.2 Å². The summed E-state index contributed by atoms with van der Waals surface area (Å²) in [5, 5.41) is 16.9. The van der Waals surface area contributed by atoms with Crippen molar-refractivity contribution in [3.05, 3.63) is 0 Å². The zero-order chi connectivity index (χ0) is 8.39. The first-order valence-corrected chi connectivity index (χ1v) is 4.36. The Bertz CT molecular complexity index is 232. The Morgan fingerprint density at radius 1 is 1.50 bits per heavy atom. The van der Waals surface area contributed by atoms with Gasteiger partial charge in [-0.3, -0.25) is 0 Å². The molecule has 1 saturated carbocycles. The highest BCUT2D eigenvalue weighted by Gasteiger charge is 2.23. The Morgan fingerprint density at radius 3 is 3.00 bits per heavy atom. The number of hydrogen-bond acceptors (Lipinski definition) is 4. The third kappa shape index (κ3) is 1.39. The molecule has 5 heteroatoms.